The van der Waals surface area contributed by atoms with E-state index in [1.807, 2.05) is 7.05 Å². The predicted molar refractivity (Wildman–Crippen MR) is 75.5 cm³/mol. The lowest BCUT2D eigenvalue weighted by molar-refractivity contribution is 0.0883. The average Bonchev–Trinajstić information content (AvgIpc) is 2.42. The zero-order chi connectivity index (χ0) is 14.5. The number of carbonyl (C=O) groups excluding carboxylic acids is 1. The number of nitrogens with zero attached hydrogens (tertiary/aromatic N) is 1. The van der Waals surface area contributed by atoms with Crippen LogP contribution >= 0.6 is 0 Å². The Morgan fingerprint density at radius 3 is 3.10 bits per heavy atom. The summed E-state index contributed by atoms with van der Waals surface area (Å²) in [6.07, 6.45) is 2.23. The molecular weight excluding hydrogens is 259 g/mol. The lowest BCUT2D eigenvalue weighted by Gasteiger charge is -2.32. The van der Waals surface area contributed by atoms with Crippen molar-refractivity contribution < 1.29 is 14.3 Å². The van der Waals surface area contributed by atoms with Crippen molar-refractivity contribution in [3.63, 3.8) is 0 Å². The Morgan fingerprint density at radius 1 is 1.55 bits per heavy atom. The van der Waals surface area contributed by atoms with E-state index in [0.717, 1.165) is 44.6 Å². The van der Waals surface area contributed by atoms with Gasteiger partial charge in [-0.05, 0) is 57.1 Å². The van der Waals surface area contributed by atoms with Crippen molar-refractivity contribution >= 4 is 5.78 Å². The van der Waals surface area contributed by atoms with Gasteiger partial charge in [-0.3, -0.25) is 9.69 Å². The SMILES string of the molecule is CNCC1CCCN(CC(=O)c2cc(F)ccc2O)C1. The van der Waals surface area contributed by atoms with E-state index >= 15 is 0 Å². The van der Waals surface area contributed by atoms with Gasteiger partial charge in [0.15, 0.2) is 5.78 Å². The lowest BCUT2D eigenvalue weighted by Crippen LogP contribution is -2.41. The summed E-state index contributed by atoms with van der Waals surface area (Å²) in [6, 6.07) is 3.48. The van der Waals surface area contributed by atoms with Crippen LogP contribution in [0.15, 0.2) is 18.2 Å². The molecule has 1 fully saturated rings. The molecule has 1 aliphatic rings. The molecule has 2 N–H and O–H groups in total. The zero-order valence-corrected chi connectivity index (χ0v) is 11.7. The highest BCUT2D eigenvalue weighted by Gasteiger charge is 2.22. The summed E-state index contributed by atoms with van der Waals surface area (Å²) in [6.45, 7) is 2.91. The Bertz CT molecular complexity index is 477. The first-order valence-electron chi connectivity index (χ1n) is 6.99. The van der Waals surface area contributed by atoms with Gasteiger partial charge in [-0.1, -0.05) is 0 Å². The minimum absolute atomic E-state index is 0.0701. The third-order valence-electron chi connectivity index (χ3n) is 3.72. The Kier molecular flexibility index (Phi) is 5.09. The number of phenolic OH excluding ortho intramolecular Hbond substituents is 1. The van der Waals surface area contributed by atoms with Crippen LogP contribution < -0.4 is 5.32 Å². The van der Waals surface area contributed by atoms with Crippen LogP contribution in [-0.2, 0) is 0 Å². The number of nitrogens with one attached hydrogen (secondary N) is 1. The number of piperidine rings is 1. The lowest BCUT2D eigenvalue weighted by atomic mass is 9.97. The van der Waals surface area contributed by atoms with Crippen molar-refractivity contribution in [3.05, 3.63) is 29.6 Å². The number of hydrogen-bond acceptors (Lipinski definition) is 4. The molecule has 1 atom stereocenters. The number of rotatable bonds is 5. The van der Waals surface area contributed by atoms with Gasteiger partial charge < -0.3 is 10.4 Å². The van der Waals surface area contributed by atoms with Crippen molar-refractivity contribution in [2.45, 2.75) is 12.8 Å². The van der Waals surface area contributed by atoms with Crippen LogP contribution in [0.25, 0.3) is 0 Å². The molecule has 1 aromatic rings. The van der Waals surface area contributed by atoms with Crippen LogP contribution in [0.4, 0.5) is 4.39 Å². The summed E-state index contributed by atoms with van der Waals surface area (Å²) in [5, 5.41) is 12.8. The number of carbonyl (C=O) groups is 1. The molecule has 5 heteroatoms. The van der Waals surface area contributed by atoms with E-state index in [9.17, 15) is 14.3 Å². The van der Waals surface area contributed by atoms with Gasteiger partial charge in [0.25, 0.3) is 0 Å². The highest BCUT2D eigenvalue weighted by molar-refractivity contribution is 6.00. The second-order valence-corrected chi connectivity index (χ2v) is 5.39. The first kappa shape index (κ1) is 14.9. The minimum atomic E-state index is -0.502. The Balaban J connectivity index is 1.98. The van der Waals surface area contributed by atoms with Gasteiger partial charge in [0.2, 0.25) is 0 Å². The fraction of sp³-hybridized carbons (Fsp3) is 0.533. The largest absolute Gasteiger partial charge is 0.507 e. The fourth-order valence-electron chi connectivity index (χ4n) is 2.77. The Morgan fingerprint density at radius 2 is 2.35 bits per heavy atom. The van der Waals surface area contributed by atoms with Crippen LogP contribution in [0, 0.1) is 11.7 Å². The molecule has 0 radical (unpaired) electrons. The van der Waals surface area contributed by atoms with Gasteiger partial charge >= 0.3 is 0 Å². The maximum absolute atomic E-state index is 13.2. The minimum Gasteiger partial charge on any atom is -0.507 e. The van der Waals surface area contributed by atoms with Gasteiger partial charge in [0.05, 0.1) is 12.1 Å². The molecule has 110 valence electrons. The van der Waals surface area contributed by atoms with E-state index in [2.05, 4.69) is 10.2 Å². The predicted octanol–water partition coefficient (Wildman–Crippen LogP) is 1.65. The number of benzene rings is 1. The number of Topliss-reactive ketones (excluding diaryl/α,β-unsaturated/α-hetero) is 1. The summed E-state index contributed by atoms with van der Waals surface area (Å²) >= 11 is 0. The molecule has 2 rings (SSSR count). The maximum Gasteiger partial charge on any atom is 0.180 e. The van der Waals surface area contributed by atoms with Crippen molar-refractivity contribution in [2.24, 2.45) is 5.92 Å². The van der Waals surface area contributed by atoms with Gasteiger partial charge in [0, 0.05) is 6.54 Å². The van der Waals surface area contributed by atoms with Crippen molar-refractivity contribution in [2.75, 3.05) is 33.2 Å². The molecule has 1 heterocycles. The third kappa shape index (κ3) is 3.77. The van der Waals surface area contributed by atoms with E-state index in [1.165, 1.54) is 6.07 Å². The van der Waals surface area contributed by atoms with Gasteiger partial charge in [-0.25, -0.2) is 4.39 Å². The molecule has 1 aromatic carbocycles. The molecule has 0 saturated carbocycles. The van der Waals surface area contributed by atoms with Crippen LogP contribution in [0.5, 0.6) is 5.75 Å². The second kappa shape index (κ2) is 6.81. The monoisotopic (exact) mass is 280 g/mol. The van der Waals surface area contributed by atoms with Gasteiger partial charge in [0.1, 0.15) is 11.6 Å². The molecule has 0 amide bonds. The molecule has 1 saturated heterocycles. The molecule has 0 spiro atoms. The topological polar surface area (TPSA) is 52.6 Å². The van der Waals surface area contributed by atoms with Gasteiger partial charge in [-0.2, -0.15) is 0 Å². The normalized spacial score (nSPS) is 20.0. The first-order valence-corrected chi connectivity index (χ1v) is 6.99. The summed E-state index contributed by atoms with van der Waals surface area (Å²) in [7, 11) is 1.93. The molecule has 4 nitrogen and oxygen atoms in total. The molecule has 1 unspecified atom stereocenters. The number of likely N-dealkylation sites (tertiary alicyclic amines) is 1. The Labute approximate surface area is 118 Å². The average molecular weight is 280 g/mol. The van der Waals surface area contributed by atoms with Crippen molar-refractivity contribution in [3.8, 4) is 5.75 Å². The van der Waals surface area contributed by atoms with E-state index in [-0.39, 0.29) is 23.6 Å². The smallest absolute Gasteiger partial charge is 0.180 e. The van der Waals surface area contributed by atoms with Crippen LogP contribution in [0.2, 0.25) is 0 Å². The number of phenols is 1. The van der Waals surface area contributed by atoms with Crippen molar-refractivity contribution in [1.29, 1.82) is 0 Å². The molecule has 20 heavy (non-hydrogen) atoms. The van der Waals surface area contributed by atoms with Crippen LogP contribution in [0.1, 0.15) is 23.2 Å². The summed E-state index contributed by atoms with van der Waals surface area (Å²) in [5.74, 6) is -0.340. The second-order valence-electron chi connectivity index (χ2n) is 5.39. The fourth-order valence-corrected chi connectivity index (χ4v) is 2.77. The summed E-state index contributed by atoms with van der Waals surface area (Å²) < 4.78 is 13.2. The van der Waals surface area contributed by atoms with E-state index < -0.39 is 5.82 Å². The Hall–Kier alpha value is -1.46. The number of aromatic hydroxyl groups is 1. The summed E-state index contributed by atoms with van der Waals surface area (Å²) in [5.41, 5.74) is 0.0701. The third-order valence-corrected chi connectivity index (χ3v) is 3.72. The quantitative estimate of drug-likeness (QED) is 0.805. The zero-order valence-electron chi connectivity index (χ0n) is 11.7. The molecule has 1 aliphatic heterocycles. The van der Waals surface area contributed by atoms with Gasteiger partial charge in [-0.15, -0.1) is 0 Å². The molecule has 0 aromatic heterocycles. The van der Waals surface area contributed by atoms with Crippen LogP contribution in [0.3, 0.4) is 0 Å². The number of hydrogen-bond donors (Lipinski definition) is 2. The number of halogens is 1. The number of ketones is 1. The van der Waals surface area contributed by atoms with E-state index in [4.69, 9.17) is 0 Å². The maximum atomic E-state index is 13.2. The van der Waals surface area contributed by atoms with E-state index in [0.29, 0.717) is 5.92 Å². The molecular formula is C15H21FN2O2. The standard InChI is InChI=1S/C15H21FN2O2/c1-17-8-11-3-2-6-18(9-11)10-15(20)13-7-12(16)4-5-14(13)19/h4-5,7,11,17,19H,2-3,6,8-10H2,1H3. The molecule has 0 aliphatic carbocycles. The van der Waals surface area contributed by atoms with E-state index in [1.54, 1.807) is 0 Å². The first-order chi connectivity index (χ1) is 9.60. The van der Waals surface area contributed by atoms with Crippen LogP contribution in [-0.4, -0.2) is 49.0 Å². The summed E-state index contributed by atoms with van der Waals surface area (Å²) in [4.78, 5) is 14.2. The van der Waals surface area contributed by atoms with Crippen molar-refractivity contribution in [1.82, 2.24) is 10.2 Å². The highest BCUT2D eigenvalue weighted by atomic mass is 19.1. The molecule has 0 bridgehead atoms. The highest BCUT2D eigenvalue weighted by Crippen LogP contribution is 2.20.